The molecule has 4 rings (SSSR count). The Kier molecular flexibility index (Phi) is 5.08. The average molecular weight is 427 g/mol. The van der Waals surface area contributed by atoms with E-state index in [9.17, 15) is 18.0 Å². The zero-order chi connectivity index (χ0) is 22.3. The molecule has 4 aromatic rings. The van der Waals surface area contributed by atoms with Crippen molar-refractivity contribution in [2.75, 3.05) is 7.11 Å². The fourth-order valence-corrected chi connectivity index (χ4v) is 3.65. The second-order valence-corrected chi connectivity index (χ2v) is 7.36. The molecule has 0 fully saturated rings. The van der Waals surface area contributed by atoms with Crippen LogP contribution in [0, 0.1) is 13.8 Å². The summed E-state index contributed by atoms with van der Waals surface area (Å²) in [6.07, 6.45) is -4.68. The van der Waals surface area contributed by atoms with Gasteiger partial charge in [-0.1, -0.05) is 29.8 Å². The summed E-state index contributed by atoms with van der Waals surface area (Å²) >= 11 is 0. The van der Waals surface area contributed by atoms with E-state index in [2.05, 4.69) is 5.10 Å². The Hall–Kier alpha value is -3.55. The van der Waals surface area contributed by atoms with E-state index in [1.165, 1.54) is 23.3 Å². The fourth-order valence-electron chi connectivity index (χ4n) is 3.65. The summed E-state index contributed by atoms with van der Waals surface area (Å²) in [4.78, 5) is 12.9. The number of halogens is 3. The summed E-state index contributed by atoms with van der Waals surface area (Å²) in [6, 6.07) is 14.9. The second-order valence-electron chi connectivity index (χ2n) is 7.36. The van der Waals surface area contributed by atoms with Crippen LogP contribution in [-0.2, 0) is 12.7 Å². The van der Waals surface area contributed by atoms with Crippen molar-refractivity contribution in [1.29, 1.82) is 0 Å². The van der Waals surface area contributed by atoms with Gasteiger partial charge < -0.3 is 4.74 Å². The minimum Gasteiger partial charge on any atom is -0.497 e. The number of rotatable bonds is 4. The van der Waals surface area contributed by atoms with E-state index >= 15 is 0 Å². The molecule has 2 aromatic heterocycles. The van der Waals surface area contributed by atoms with Crippen LogP contribution in [0.3, 0.4) is 0 Å². The standard InChI is InChI=1S/C23H20F3N3O2/c1-14-7-9-17(10-8-14)29-22-21(15(2)27-29)19(23(24,25)26)12-20(30)28(22)13-16-5-4-6-18(11-16)31-3/h4-12H,13H2,1-3H3. The number of alkyl halides is 3. The van der Waals surface area contributed by atoms with Gasteiger partial charge in [-0.3, -0.25) is 9.36 Å². The maximum atomic E-state index is 13.8. The zero-order valence-electron chi connectivity index (χ0n) is 17.2. The average Bonchev–Trinajstić information content (AvgIpc) is 3.07. The Morgan fingerprint density at radius 3 is 2.39 bits per heavy atom. The summed E-state index contributed by atoms with van der Waals surface area (Å²) in [5.41, 5.74) is 0.854. The number of benzene rings is 2. The molecule has 0 aliphatic rings. The first-order chi connectivity index (χ1) is 14.7. The molecule has 0 N–H and O–H groups in total. The Bertz CT molecular complexity index is 1320. The number of hydrogen-bond donors (Lipinski definition) is 0. The van der Waals surface area contributed by atoms with Gasteiger partial charge in [-0.15, -0.1) is 0 Å². The summed E-state index contributed by atoms with van der Waals surface area (Å²) in [5.74, 6) is 0.594. The number of aromatic nitrogens is 3. The van der Waals surface area contributed by atoms with Crippen molar-refractivity contribution < 1.29 is 17.9 Å². The molecule has 0 atom stereocenters. The molecule has 0 saturated heterocycles. The largest absolute Gasteiger partial charge is 0.497 e. The third kappa shape index (κ3) is 3.81. The molecular formula is C23H20F3N3O2. The molecule has 160 valence electrons. The third-order valence-electron chi connectivity index (χ3n) is 5.15. The third-order valence-corrected chi connectivity index (χ3v) is 5.15. The lowest BCUT2D eigenvalue weighted by molar-refractivity contribution is -0.136. The molecule has 0 saturated carbocycles. The first-order valence-electron chi connectivity index (χ1n) is 9.59. The number of aryl methyl sites for hydroxylation is 2. The molecule has 0 spiro atoms. The van der Waals surface area contributed by atoms with Gasteiger partial charge in [0, 0.05) is 6.07 Å². The molecule has 0 aliphatic carbocycles. The Morgan fingerprint density at radius 2 is 1.74 bits per heavy atom. The highest BCUT2D eigenvalue weighted by molar-refractivity contribution is 5.84. The van der Waals surface area contributed by atoms with Crippen LogP contribution >= 0.6 is 0 Å². The highest BCUT2D eigenvalue weighted by atomic mass is 19.4. The van der Waals surface area contributed by atoms with Gasteiger partial charge in [0.2, 0.25) is 0 Å². The van der Waals surface area contributed by atoms with Gasteiger partial charge in [0.15, 0.2) is 0 Å². The number of nitrogens with zero attached hydrogens (tertiary/aromatic N) is 3. The lowest BCUT2D eigenvalue weighted by atomic mass is 10.1. The van der Waals surface area contributed by atoms with Crippen molar-refractivity contribution in [3.63, 3.8) is 0 Å². The molecule has 0 unspecified atom stereocenters. The van der Waals surface area contributed by atoms with Crippen molar-refractivity contribution in [2.24, 2.45) is 0 Å². The van der Waals surface area contributed by atoms with Crippen molar-refractivity contribution in [2.45, 2.75) is 26.6 Å². The highest BCUT2D eigenvalue weighted by Crippen LogP contribution is 2.36. The maximum absolute atomic E-state index is 13.8. The van der Waals surface area contributed by atoms with E-state index < -0.39 is 17.3 Å². The normalized spacial score (nSPS) is 11.8. The molecular weight excluding hydrogens is 407 g/mol. The monoisotopic (exact) mass is 427 g/mol. The molecule has 0 amide bonds. The van der Waals surface area contributed by atoms with Gasteiger partial charge in [-0.2, -0.15) is 18.3 Å². The van der Waals surface area contributed by atoms with Crippen LogP contribution < -0.4 is 10.3 Å². The van der Waals surface area contributed by atoms with Gasteiger partial charge in [0.25, 0.3) is 5.56 Å². The summed E-state index contributed by atoms with van der Waals surface area (Å²) in [5, 5.41) is 4.29. The van der Waals surface area contributed by atoms with E-state index in [0.717, 1.165) is 11.1 Å². The quantitative estimate of drug-likeness (QED) is 0.467. The predicted octanol–water partition coefficient (Wildman–Crippen LogP) is 4.88. The van der Waals surface area contributed by atoms with Crippen LogP contribution in [0.1, 0.15) is 22.4 Å². The van der Waals surface area contributed by atoms with E-state index in [1.54, 1.807) is 36.4 Å². The van der Waals surface area contributed by atoms with E-state index in [4.69, 9.17) is 4.74 Å². The molecule has 2 heterocycles. The first-order valence-corrected chi connectivity index (χ1v) is 9.59. The topological polar surface area (TPSA) is 49.1 Å². The second kappa shape index (κ2) is 7.61. The molecule has 8 heteroatoms. The van der Waals surface area contributed by atoms with Crippen molar-refractivity contribution >= 4 is 11.0 Å². The molecule has 0 aliphatic heterocycles. The van der Waals surface area contributed by atoms with E-state index in [-0.39, 0.29) is 23.3 Å². The van der Waals surface area contributed by atoms with E-state index in [0.29, 0.717) is 17.5 Å². The van der Waals surface area contributed by atoms with Crippen LogP contribution in [-0.4, -0.2) is 21.5 Å². The zero-order valence-corrected chi connectivity index (χ0v) is 17.2. The number of methoxy groups -OCH3 is 1. The Balaban J connectivity index is 2.04. The van der Waals surface area contributed by atoms with Crippen LogP contribution in [0.15, 0.2) is 59.4 Å². The molecule has 2 aromatic carbocycles. The van der Waals surface area contributed by atoms with Gasteiger partial charge in [-0.25, -0.2) is 4.68 Å². The molecule has 5 nitrogen and oxygen atoms in total. The van der Waals surface area contributed by atoms with Gasteiger partial charge in [0.1, 0.15) is 11.4 Å². The maximum Gasteiger partial charge on any atom is 0.417 e. The summed E-state index contributed by atoms with van der Waals surface area (Å²) in [7, 11) is 1.53. The van der Waals surface area contributed by atoms with Crippen LogP contribution in [0.5, 0.6) is 5.75 Å². The summed E-state index contributed by atoms with van der Waals surface area (Å²) < 4.78 is 49.3. The van der Waals surface area contributed by atoms with Crippen LogP contribution in [0.25, 0.3) is 16.7 Å². The molecule has 31 heavy (non-hydrogen) atoms. The first kappa shape index (κ1) is 20.7. The van der Waals surface area contributed by atoms with Crippen molar-refractivity contribution in [3.8, 4) is 11.4 Å². The van der Waals surface area contributed by atoms with Crippen molar-refractivity contribution in [1.82, 2.24) is 14.3 Å². The minimum absolute atomic E-state index is 0.0711. The van der Waals surface area contributed by atoms with Crippen molar-refractivity contribution in [3.05, 3.63) is 87.3 Å². The molecule has 0 radical (unpaired) electrons. The van der Waals surface area contributed by atoms with Crippen LogP contribution in [0.4, 0.5) is 13.2 Å². The number of ether oxygens (including phenoxy) is 1. The number of pyridine rings is 1. The Labute approximate surface area is 176 Å². The minimum atomic E-state index is -4.68. The van der Waals surface area contributed by atoms with Gasteiger partial charge in [-0.05, 0) is 43.7 Å². The molecule has 0 bridgehead atoms. The van der Waals surface area contributed by atoms with Gasteiger partial charge >= 0.3 is 6.18 Å². The van der Waals surface area contributed by atoms with Gasteiger partial charge in [0.05, 0.1) is 36.0 Å². The SMILES string of the molecule is COc1cccc(Cn2c(=O)cc(C(F)(F)F)c3c(C)nn(-c4ccc(C)cc4)c32)c1. The fraction of sp³-hybridized carbons (Fsp3) is 0.217. The number of hydrogen-bond acceptors (Lipinski definition) is 3. The predicted molar refractivity (Wildman–Crippen MR) is 112 cm³/mol. The smallest absolute Gasteiger partial charge is 0.417 e. The van der Waals surface area contributed by atoms with E-state index in [1.807, 2.05) is 19.1 Å². The van der Waals surface area contributed by atoms with Crippen LogP contribution in [0.2, 0.25) is 0 Å². The highest BCUT2D eigenvalue weighted by Gasteiger charge is 2.36. The number of fused-ring (bicyclic) bond motifs is 1. The lowest BCUT2D eigenvalue weighted by Gasteiger charge is -2.15. The Morgan fingerprint density at radius 1 is 1.03 bits per heavy atom. The summed E-state index contributed by atoms with van der Waals surface area (Å²) in [6.45, 7) is 3.50. The lowest BCUT2D eigenvalue weighted by Crippen LogP contribution is -2.25.